The summed E-state index contributed by atoms with van der Waals surface area (Å²) < 4.78 is 0. The fourth-order valence-electron chi connectivity index (χ4n) is 2.32. The Hall–Kier alpha value is -2.08. The molecule has 0 amide bonds. The highest BCUT2D eigenvalue weighted by Gasteiger charge is 2.23. The van der Waals surface area contributed by atoms with Crippen LogP contribution in [0.3, 0.4) is 0 Å². The summed E-state index contributed by atoms with van der Waals surface area (Å²) in [6.07, 6.45) is 13.8. The topological polar surface area (TPSA) is 0 Å². The zero-order chi connectivity index (χ0) is 22.2. The standard InChI is InChI=1S/C18H24.C8H14.C2H6/c1-7-16(11-8-14(2)3)18(5,6)17-12-9-15(4)10-13-17;1-4-6-7-8(3)5-2;1-2/h7-13H,1H2,2-6H3;5-7H,4H2,1-3H3;1-2H3/b16-11+;7-6-,8-5-;. The molecule has 0 radical (unpaired) electrons. The Bertz CT molecular complexity index is 654. The molecule has 0 heteroatoms. The van der Waals surface area contributed by atoms with Crippen molar-refractivity contribution in [1.29, 1.82) is 0 Å². The summed E-state index contributed by atoms with van der Waals surface area (Å²) in [5.41, 5.74) is 6.49. The number of hydrogen-bond acceptors (Lipinski definition) is 0. The maximum atomic E-state index is 3.95. The molecule has 1 aromatic rings. The normalized spacial score (nSPS) is 11.8. The predicted molar refractivity (Wildman–Crippen MR) is 132 cm³/mol. The lowest BCUT2D eigenvalue weighted by Crippen LogP contribution is -2.19. The van der Waals surface area contributed by atoms with E-state index in [1.807, 2.05) is 19.9 Å². The Balaban J connectivity index is 0. The second kappa shape index (κ2) is 15.9. The summed E-state index contributed by atoms with van der Waals surface area (Å²) in [6, 6.07) is 8.74. The molecule has 0 aliphatic heterocycles. The third-order valence-electron chi connectivity index (χ3n) is 4.38. The van der Waals surface area contributed by atoms with Crippen LogP contribution < -0.4 is 0 Å². The Morgan fingerprint density at radius 2 is 1.54 bits per heavy atom. The lowest BCUT2D eigenvalue weighted by molar-refractivity contribution is 0.639. The summed E-state index contributed by atoms with van der Waals surface area (Å²) in [5.74, 6) is 0. The van der Waals surface area contributed by atoms with Gasteiger partial charge in [0.15, 0.2) is 0 Å². The average molecular weight is 381 g/mol. The number of benzene rings is 1. The molecular weight excluding hydrogens is 336 g/mol. The maximum absolute atomic E-state index is 3.95. The Morgan fingerprint density at radius 1 is 1.00 bits per heavy atom. The molecule has 0 fully saturated rings. The van der Waals surface area contributed by atoms with Gasteiger partial charge in [0.25, 0.3) is 0 Å². The van der Waals surface area contributed by atoms with Gasteiger partial charge >= 0.3 is 0 Å². The van der Waals surface area contributed by atoms with Crippen molar-refractivity contribution in [3.63, 3.8) is 0 Å². The molecule has 0 aromatic heterocycles. The van der Waals surface area contributed by atoms with Crippen molar-refractivity contribution in [2.75, 3.05) is 0 Å². The Morgan fingerprint density at radius 3 is 1.93 bits per heavy atom. The minimum Gasteiger partial charge on any atom is -0.0988 e. The summed E-state index contributed by atoms with van der Waals surface area (Å²) >= 11 is 0. The zero-order valence-electron chi connectivity index (χ0n) is 20.2. The van der Waals surface area contributed by atoms with Crippen LogP contribution in [-0.4, -0.2) is 0 Å². The first-order valence-electron chi connectivity index (χ1n) is 10.5. The van der Waals surface area contributed by atoms with Crippen LogP contribution in [0.4, 0.5) is 0 Å². The van der Waals surface area contributed by atoms with Crippen molar-refractivity contribution >= 4 is 0 Å². The third kappa shape index (κ3) is 11.6. The highest BCUT2D eigenvalue weighted by atomic mass is 14.3. The molecule has 28 heavy (non-hydrogen) atoms. The molecule has 156 valence electrons. The van der Waals surface area contributed by atoms with Gasteiger partial charge in [0, 0.05) is 5.41 Å². The van der Waals surface area contributed by atoms with Crippen LogP contribution in [0.15, 0.2) is 84.0 Å². The Labute approximate surface area is 176 Å². The van der Waals surface area contributed by atoms with Crippen LogP contribution in [0.25, 0.3) is 0 Å². The first kappa shape index (κ1) is 28.1. The molecule has 0 aliphatic carbocycles. The van der Waals surface area contributed by atoms with E-state index in [1.54, 1.807) is 0 Å². The number of rotatable bonds is 6. The van der Waals surface area contributed by atoms with Gasteiger partial charge in [-0.15, -0.1) is 0 Å². The van der Waals surface area contributed by atoms with Crippen LogP contribution in [-0.2, 0) is 5.41 Å². The summed E-state index contributed by atoms with van der Waals surface area (Å²) in [4.78, 5) is 0. The highest BCUT2D eigenvalue weighted by Crippen LogP contribution is 2.32. The molecule has 1 rings (SSSR count). The van der Waals surface area contributed by atoms with Crippen LogP contribution in [0.2, 0.25) is 0 Å². The summed E-state index contributed by atoms with van der Waals surface area (Å²) in [5, 5.41) is 0. The number of hydrogen-bond donors (Lipinski definition) is 0. The average Bonchev–Trinajstić information content (AvgIpc) is 2.68. The SMILES string of the molecule is C/C=C(C)\C=C/CC.C=C/C(=C\C=C(C)C)C(C)(C)c1ccc(C)cc1.CC. The molecular formula is C28H44. The molecule has 0 nitrogen and oxygen atoms in total. The van der Waals surface area contributed by atoms with Gasteiger partial charge < -0.3 is 0 Å². The molecule has 0 aliphatic rings. The van der Waals surface area contributed by atoms with Gasteiger partial charge in [-0.1, -0.05) is 119 Å². The van der Waals surface area contributed by atoms with Crippen molar-refractivity contribution in [2.24, 2.45) is 0 Å². The Kier molecular flexibility index (Phi) is 16.0. The smallest absolute Gasteiger partial charge is 0.0146 e. The number of aryl methyl sites for hydroxylation is 1. The van der Waals surface area contributed by atoms with Crippen LogP contribution in [0.5, 0.6) is 0 Å². The van der Waals surface area contributed by atoms with Crippen LogP contribution >= 0.6 is 0 Å². The van der Waals surface area contributed by atoms with E-state index in [2.05, 4.69) is 117 Å². The van der Waals surface area contributed by atoms with E-state index in [-0.39, 0.29) is 5.41 Å². The molecule has 0 atom stereocenters. The largest absolute Gasteiger partial charge is 0.0988 e. The van der Waals surface area contributed by atoms with E-state index in [0.29, 0.717) is 0 Å². The minimum absolute atomic E-state index is 0.0125. The minimum atomic E-state index is -0.0125. The van der Waals surface area contributed by atoms with E-state index < -0.39 is 0 Å². The molecule has 0 saturated heterocycles. The first-order valence-corrected chi connectivity index (χ1v) is 10.5. The van der Waals surface area contributed by atoms with Crippen LogP contribution in [0.1, 0.15) is 79.9 Å². The molecule has 0 bridgehead atoms. The second-order valence-corrected chi connectivity index (χ2v) is 7.40. The lowest BCUT2D eigenvalue weighted by atomic mass is 9.77. The molecule has 0 N–H and O–H groups in total. The fraction of sp³-hybridized carbons (Fsp3) is 0.429. The first-order chi connectivity index (χ1) is 13.2. The lowest BCUT2D eigenvalue weighted by Gasteiger charge is -2.27. The zero-order valence-corrected chi connectivity index (χ0v) is 20.2. The van der Waals surface area contributed by atoms with Gasteiger partial charge in [0.05, 0.1) is 0 Å². The van der Waals surface area contributed by atoms with Crippen LogP contribution in [0, 0.1) is 6.92 Å². The maximum Gasteiger partial charge on any atom is 0.0146 e. The third-order valence-corrected chi connectivity index (χ3v) is 4.38. The quantitative estimate of drug-likeness (QED) is 0.431. The van der Waals surface area contributed by atoms with E-state index in [4.69, 9.17) is 0 Å². The molecule has 1 aromatic carbocycles. The van der Waals surface area contributed by atoms with Crippen molar-refractivity contribution in [3.8, 4) is 0 Å². The van der Waals surface area contributed by atoms with E-state index in [9.17, 15) is 0 Å². The molecule has 0 saturated carbocycles. The highest BCUT2D eigenvalue weighted by molar-refractivity contribution is 5.42. The molecule has 0 unspecified atom stereocenters. The second-order valence-electron chi connectivity index (χ2n) is 7.40. The van der Waals surface area contributed by atoms with Gasteiger partial charge in [0.1, 0.15) is 0 Å². The van der Waals surface area contributed by atoms with Gasteiger partial charge in [-0.3, -0.25) is 0 Å². The van der Waals surface area contributed by atoms with Crippen molar-refractivity contribution in [2.45, 2.75) is 81.1 Å². The van der Waals surface area contributed by atoms with Gasteiger partial charge in [0.2, 0.25) is 0 Å². The fourth-order valence-corrected chi connectivity index (χ4v) is 2.32. The molecule has 0 spiro atoms. The van der Waals surface area contributed by atoms with Crippen molar-refractivity contribution in [3.05, 3.63) is 95.1 Å². The van der Waals surface area contributed by atoms with E-state index >= 15 is 0 Å². The monoisotopic (exact) mass is 380 g/mol. The van der Waals surface area contributed by atoms with Gasteiger partial charge in [-0.2, -0.15) is 0 Å². The summed E-state index contributed by atoms with van der Waals surface area (Å²) in [6.45, 7) is 25.1. The number of allylic oxidation sites excluding steroid dienone is 9. The summed E-state index contributed by atoms with van der Waals surface area (Å²) in [7, 11) is 0. The molecule has 0 heterocycles. The van der Waals surface area contributed by atoms with Crippen molar-refractivity contribution < 1.29 is 0 Å². The van der Waals surface area contributed by atoms with Gasteiger partial charge in [-0.25, -0.2) is 0 Å². The van der Waals surface area contributed by atoms with E-state index in [1.165, 1.54) is 27.8 Å². The van der Waals surface area contributed by atoms with Gasteiger partial charge in [-0.05, 0) is 52.2 Å². The van der Waals surface area contributed by atoms with E-state index in [0.717, 1.165) is 6.42 Å². The van der Waals surface area contributed by atoms with Crippen molar-refractivity contribution in [1.82, 2.24) is 0 Å². The predicted octanol–water partition coefficient (Wildman–Crippen LogP) is 9.30.